The first-order valence-corrected chi connectivity index (χ1v) is 25.8. The van der Waals surface area contributed by atoms with Gasteiger partial charge in [0.2, 0.25) is 11.8 Å². The van der Waals surface area contributed by atoms with E-state index in [-0.39, 0.29) is 17.5 Å². The third-order valence-corrected chi connectivity index (χ3v) is 17.1. The molecule has 0 unspecified atom stereocenters. The number of nitrogens with zero attached hydrogens (tertiary/aromatic N) is 2. The number of benzene rings is 7. The third kappa shape index (κ3) is 6.39. The Balaban J connectivity index is 1.10. The molecule has 69 heavy (non-hydrogen) atoms. The maximum atomic E-state index is 7.34. The lowest BCUT2D eigenvalue weighted by molar-refractivity contribution is 0.589. The third-order valence-electron chi connectivity index (χ3n) is 14.8. The minimum absolute atomic E-state index is 0.0686. The van der Waals surface area contributed by atoms with Crippen LogP contribution in [0.3, 0.4) is 0 Å². The van der Waals surface area contributed by atoms with E-state index in [9.17, 15) is 0 Å². The maximum Gasteiger partial charge on any atom is 0.262 e. The molecule has 338 valence electrons. The van der Waals surface area contributed by atoms with Gasteiger partial charge in [0.05, 0.1) is 11.4 Å². The standard InChI is InChI=1S/C62H53BN2O2S2/c1-34-26-40(52-30-38-16-11-13-20-50(38)68-52)27-35(2)57(34)64-46-18-15-19-47-56(46)63(54-44-32-42(61(5,6)7)22-24-48(44)66-59(54)64)55-45-33-43(62(8,9)10)23-25-49(45)67-60(55)65(47)58-36(3)28-41(29-37(58)4)53-31-39-17-12-14-21-51(39)69-53/h11-33H,1-10H3. The monoisotopic (exact) mass is 932 g/mol. The van der Waals surface area contributed by atoms with Crippen LogP contribution in [0.2, 0.25) is 0 Å². The lowest BCUT2D eigenvalue weighted by atomic mass is 9.33. The van der Waals surface area contributed by atoms with Gasteiger partial charge in [0.15, 0.2) is 0 Å². The van der Waals surface area contributed by atoms with Crippen molar-refractivity contribution in [2.75, 3.05) is 9.80 Å². The fourth-order valence-corrected chi connectivity index (χ4v) is 13.6. The van der Waals surface area contributed by atoms with Crippen molar-refractivity contribution in [2.24, 2.45) is 0 Å². The van der Waals surface area contributed by atoms with Gasteiger partial charge in [0.25, 0.3) is 6.71 Å². The van der Waals surface area contributed by atoms with E-state index in [1.54, 1.807) is 0 Å². The number of hydrogen-bond donors (Lipinski definition) is 0. The molecule has 2 aliphatic heterocycles. The van der Waals surface area contributed by atoms with Gasteiger partial charge in [0.1, 0.15) is 11.2 Å². The highest BCUT2D eigenvalue weighted by Crippen LogP contribution is 2.51. The summed E-state index contributed by atoms with van der Waals surface area (Å²) >= 11 is 3.72. The average molecular weight is 933 g/mol. The van der Waals surface area contributed by atoms with Crippen LogP contribution in [-0.2, 0) is 10.8 Å². The van der Waals surface area contributed by atoms with Gasteiger partial charge < -0.3 is 8.83 Å². The molecule has 0 N–H and O–H groups in total. The Bertz CT molecular complexity index is 3600. The van der Waals surface area contributed by atoms with Crippen molar-refractivity contribution in [3.63, 3.8) is 0 Å². The lowest BCUT2D eigenvalue weighted by Crippen LogP contribution is -2.61. The zero-order valence-electron chi connectivity index (χ0n) is 40.9. The molecule has 0 spiro atoms. The predicted molar refractivity (Wildman–Crippen MR) is 298 cm³/mol. The van der Waals surface area contributed by atoms with E-state index in [1.165, 1.54) is 90.8 Å². The molecule has 0 atom stereocenters. The average Bonchev–Trinajstić information content (AvgIpc) is 4.11. The predicted octanol–water partition coefficient (Wildman–Crippen LogP) is 16.9. The fourth-order valence-electron chi connectivity index (χ4n) is 11.5. The molecular weight excluding hydrogens is 880 g/mol. The summed E-state index contributed by atoms with van der Waals surface area (Å²) in [6.07, 6.45) is 0. The van der Waals surface area contributed by atoms with Crippen LogP contribution >= 0.6 is 22.7 Å². The summed E-state index contributed by atoms with van der Waals surface area (Å²) in [6.45, 7) is 22.7. The molecule has 6 heterocycles. The highest BCUT2D eigenvalue weighted by Gasteiger charge is 2.49. The second-order valence-electron chi connectivity index (χ2n) is 21.6. The van der Waals surface area contributed by atoms with Crippen molar-refractivity contribution in [3.8, 4) is 20.9 Å². The molecule has 4 aromatic heterocycles. The van der Waals surface area contributed by atoms with Gasteiger partial charge in [-0.25, -0.2) is 0 Å². The highest BCUT2D eigenvalue weighted by molar-refractivity contribution is 7.22. The molecule has 4 nitrogen and oxygen atoms in total. The Kier molecular flexibility index (Phi) is 9.11. The number of furan rings is 2. The van der Waals surface area contributed by atoms with E-state index >= 15 is 0 Å². The minimum Gasteiger partial charge on any atom is -0.440 e. The molecule has 0 saturated carbocycles. The Hall–Kier alpha value is -6.80. The topological polar surface area (TPSA) is 32.8 Å². The van der Waals surface area contributed by atoms with Crippen molar-refractivity contribution < 1.29 is 8.83 Å². The van der Waals surface area contributed by atoms with E-state index in [1.807, 2.05) is 22.7 Å². The van der Waals surface area contributed by atoms with Crippen LogP contribution in [0.25, 0.3) is 63.0 Å². The number of hydrogen-bond acceptors (Lipinski definition) is 6. The first-order chi connectivity index (χ1) is 33.1. The summed E-state index contributed by atoms with van der Waals surface area (Å²) in [6, 6.07) is 52.1. The van der Waals surface area contributed by atoms with Crippen LogP contribution in [0.15, 0.2) is 148 Å². The van der Waals surface area contributed by atoms with E-state index < -0.39 is 0 Å². The lowest BCUT2D eigenvalue weighted by Gasteiger charge is -2.41. The van der Waals surface area contributed by atoms with Crippen LogP contribution in [0.1, 0.15) is 74.9 Å². The number of aryl methyl sites for hydroxylation is 4. The summed E-state index contributed by atoms with van der Waals surface area (Å²) in [5.41, 5.74) is 19.6. The number of thiophene rings is 2. The van der Waals surface area contributed by atoms with E-state index in [4.69, 9.17) is 8.83 Å². The molecule has 0 fully saturated rings. The molecule has 0 bridgehead atoms. The summed E-state index contributed by atoms with van der Waals surface area (Å²) in [4.78, 5) is 7.46. The molecule has 0 saturated heterocycles. The molecule has 0 radical (unpaired) electrons. The number of rotatable bonds is 4. The van der Waals surface area contributed by atoms with E-state index in [0.717, 1.165) is 56.5 Å². The Morgan fingerprint density at radius 1 is 0.435 bits per heavy atom. The van der Waals surface area contributed by atoms with E-state index in [2.05, 4.69) is 219 Å². The van der Waals surface area contributed by atoms with Gasteiger partial charge in [-0.05, 0) is 184 Å². The second kappa shape index (κ2) is 14.9. The van der Waals surface area contributed by atoms with Crippen molar-refractivity contribution >= 4 is 122 Å². The summed E-state index contributed by atoms with van der Waals surface area (Å²) < 4.78 is 17.3. The summed E-state index contributed by atoms with van der Waals surface area (Å²) in [5, 5.41) is 4.85. The Labute approximate surface area is 412 Å². The Morgan fingerprint density at radius 3 is 1.23 bits per heavy atom. The molecule has 2 aliphatic rings. The molecule has 13 rings (SSSR count). The van der Waals surface area contributed by atoms with Crippen LogP contribution in [0.4, 0.5) is 34.5 Å². The largest absolute Gasteiger partial charge is 0.440 e. The SMILES string of the molecule is Cc1cc(-c2cc3ccccc3s2)cc(C)c1N1c2cccc3c2B(c2c1oc1ccc(C(C)(C)C)cc21)c1c(oc2ccc(C(C)(C)C)cc12)N3c1c(C)cc(-c2cc3ccccc3s2)cc1C. The van der Waals surface area contributed by atoms with Crippen LogP contribution in [-0.4, -0.2) is 6.71 Å². The molecule has 7 heteroatoms. The van der Waals surface area contributed by atoms with Gasteiger partial charge in [-0.15, -0.1) is 22.7 Å². The maximum absolute atomic E-state index is 7.34. The first kappa shape index (κ1) is 42.3. The van der Waals surface area contributed by atoms with Gasteiger partial charge in [-0.3, -0.25) is 9.80 Å². The molecule has 11 aromatic rings. The van der Waals surface area contributed by atoms with Crippen LogP contribution in [0.5, 0.6) is 0 Å². The highest BCUT2D eigenvalue weighted by atomic mass is 32.1. The number of anilines is 6. The normalized spacial score (nSPS) is 13.6. The van der Waals surface area contributed by atoms with Crippen molar-refractivity contribution in [3.05, 3.63) is 173 Å². The van der Waals surface area contributed by atoms with Crippen molar-refractivity contribution in [1.29, 1.82) is 0 Å². The first-order valence-electron chi connectivity index (χ1n) is 24.2. The summed E-state index contributed by atoms with van der Waals surface area (Å²) in [7, 11) is 0. The zero-order valence-corrected chi connectivity index (χ0v) is 42.5. The molecule has 7 aromatic carbocycles. The second-order valence-corrected chi connectivity index (χ2v) is 23.8. The minimum atomic E-state index is -0.182. The van der Waals surface area contributed by atoms with Gasteiger partial charge in [-0.2, -0.15) is 0 Å². The van der Waals surface area contributed by atoms with Gasteiger partial charge in [-0.1, -0.05) is 96.1 Å². The molecule has 0 amide bonds. The quantitative estimate of drug-likeness (QED) is 0.165. The smallest absolute Gasteiger partial charge is 0.262 e. The fraction of sp³-hybridized carbons (Fsp3) is 0.194. The van der Waals surface area contributed by atoms with Crippen molar-refractivity contribution in [2.45, 2.75) is 80.1 Å². The summed E-state index contributed by atoms with van der Waals surface area (Å²) in [5.74, 6) is 1.74. The molecular formula is C62H53BN2O2S2. The van der Waals surface area contributed by atoms with Gasteiger partial charge in [0, 0.05) is 52.2 Å². The van der Waals surface area contributed by atoms with Crippen LogP contribution < -0.4 is 26.2 Å². The van der Waals surface area contributed by atoms with E-state index in [0.29, 0.717) is 0 Å². The Morgan fingerprint density at radius 2 is 0.841 bits per heavy atom. The van der Waals surface area contributed by atoms with Crippen LogP contribution in [0, 0.1) is 27.7 Å². The zero-order chi connectivity index (χ0) is 47.4. The molecule has 0 aliphatic carbocycles. The van der Waals surface area contributed by atoms with Crippen molar-refractivity contribution in [1.82, 2.24) is 0 Å². The number of fused-ring (bicyclic) bond motifs is 10. The van der Waals surface area contributed by atoms with Gasteiger partial charge >= 0.3 is 0 Å².